The molecule has 1 amide bonds. The Morgan fingerprint density at radius 2 is 2.14 bits per heavy atom. The Hall–Kier alpha value is -2.30. The molecule has 0 unspecified atom stereocenters. The van der Waals surface area contributed by atoms with E-state index in [1.54, 1.807) is 9.58 Å². The average Bonchev–Trinajstić information content (AvgIpc) is 2.85. The second-order valence-corrected chi connectivity index (χ2v) is 5.07. The van der Waals surface area contributed by atoms with Gasteiger partial charge in [-0.2, -0.15) is 5.10 Å². The van der Waals surface area contributed by atoms with Gasteiger partial charge in [0.15, 0.2) is 0 Å². The molecule has 1 heterocycles. The third-order valence-corrected chi connectivity index (χ3v) is 3.49. The summed E-state index contributed by atoms with van der Waals surface area (Å²) in [5.74, 6) is -0.0733. The second kappa shape index (κ2) is 6.43. The van der Waals surface area contributed by atoms with Crippen LogP contribution in [0.1, 0.15) is 35.5 Å². The van der Waals surface area contributed by atoms with Crippen LogP contribution in [0.15, 0.2) is 30.5 Å². The lowest BCUT2D eigenvalue weighted by Gasteiger charge is -2.22. The van der Waals surface area contributed by atoms with E-state index in [2.05, 4.69) is 11.2 Å². The van der Waals surface area contributed by atoms with E-state index in [-0.39, 0.29) is 5.91 Å². The van der Waals surface area contributed by atoms with Crippen LogP contribution < -0.4 is 5.73 Å². The summed E-state index contributed by atoms with van der Waals surface area (Å²) in [6.45, 7) is 7.79. The van der Waals surface area contributed by atoms with E-state index >= 15 is 0 Å². The number of hydrogen-bond donors (Lipinski definition) is 1. The number of nitrogens with zero attached hydrogens (tertiary/aromatic N) is 3. The Bertz CT molecular complexity index is 633. The third kappa shape index (κ3) is 3.24. The molecule has 21 heavy (non-hydrogen) atoms. The summed E-state index contributed by atoms with van der Waals surface area (Å²) in [6, 6.07) is 8.18. The first kappa shape index (κ1) is 15.1. The van der Waals surface area contributed by atoms with Gasteiger partial charge in [-0.05, 0) is 26.3 Å². The Kier molecular flexibility index (Phi) is 4.62. The zero-order valence-electron chi connectivity index (χ0n) is 12.8. The third-order valence-electron chi connectivity index (χ3n) is 3.49. The van der Waals surface area contributed by atoms with Gasteiger partial charge in [0.25, 0.3) is 5.91 Å². The number of nitrogens with two attached hydrogens (primary N) is 1. The van der Waals surface area contributed by atoms with Crippen molar-refractivity contribution in [3.63, 3.8) is 0 Å². The Morgan fingerprint density at radius 1 is 1.38 bits per heavy atom. The number of amides is 1. The van der Waals surface area contributed by atoms with Crippen molar-refractivity contribution < 1.29 is 4.79 Å². The quantitative estimate of drug-likeness (QED) is 0.918. The first-order chi connectivity index (χ1) is 10.1. The van der Waals surface area contributed by atoms with Gasteiger partial charge in [0.05, 0.1) is 11.9 Å². The van der Waals surface area contributed by atoms with Gasteiger partial charge < -0.3 is 10.6 Å². The number of carbonyl (C=O) groups excluding carboxylic acids is 1. The predicted octanol–water partition coefficient (Wildman–Crippen LogP) is 2.46. The fourth-order valence-corrected chi connectivity index (χ4v) is 2.38. The summed E-state index contributed by atoms with van der Waals surface area (Å²) in [6.07, 6.45) is 1.54. The van der Waals surface area contributed by atoms with Crippen molar-refractivity contribution >= 4 is 11.6 Å². The molecule has 2 rings (SSSR count). The number of aryl methyl sites for hydroxylation is 2. The van der Waals surface area contributed by atoms with Crippen molar-refractivity contribution in [2.75, 3.05) is 12.3 Å². The minimum absolute atomic E-state index is 0.0733. The Morgan fingerprint density at radius 3 is 2.76 bits per heavy atom. The average molecular weight is 286 g/mol. The summed E-state index contributed by atoms with van der Waals surface area (Å²) < 4.78 is 1.65. The molecular formula is C16H22N4O. The number of nitrogen functional groups attached to an aromatic ring is 1. The van der Waals surface area contributed by atoms with Gasteiger partial charge >= 0.3 is 0 Å². The van der Waals surface area contributed by atoms with Crippen LogP contribution in [0.2, 0.25) is 0 Å². The van der Waals surface area contributed by atoms with Gasteiger partial charge in [-0.25, -0.2) is 0 Å². The largest absolute Gasteiger partial charge is 0.396 e. The van der Waals surface area contributed by atoms with Crippen LogP contribution in [0.25, 0.3) is 0 Å². The highest BCUT2D eigenvalue weighted by molar-refractivity contribution is 5.97. The van der Waals surface area contributed by atoms with Crippen molar-refractivity contribution in [2.45, 2.75) is 33.9 Å². The molecule has 2 aromatic rings. The van der Waals surface area contributed by atoms with E-state index in [1.165, 1.54) is 11.8 Å². The summed E-state index contributed by atoms with van der Waals surface area (Å²) in [4.78, 5) is 14.5. The summed E-state index contributed by atoms with van der Waals surface area (Å²) in [5.41, 5.74) is 9.12. The molecule has 0 aliphatic rings. The van der Waals surface area contributed by atoms with E-state index in [0.717, 1.165) is 5.56 Å². The van der Waals surface area contributed by atoms with E-state index in [9.17, 15) is 4.79 Å². The molecule has 1 aromatic heterocycles. The maximum Gasteiger partial charge on any atom is 0.274 e. The number of anilines is 1. The molecule has 2 N–H and O–H groups in total. The molecule has 112 valence electrons. The molecule has 0 saturated carbocycles. The summed E-state index contributed by atoms with van der Waals surface area (Å²) in [5, 5.41) is 4.14. The zero-order valence-corrected chi connectivity index (χ0v) is 12.8. The second-order valence-electron chi connectivity index (χ2n) is 5.07. The molecule has 0 saturated heterocycles. The lowest BCUT2D eigenvalue weighted by Crippen LogP contribution is -2.32. The molecule has 0 aliphatic heterocycles. The highest BCUT2D eigenvalue weighted by Crippen LogP contribution is 2.16. The van der Waals surface area contributed by atoms with E-state index in [1.807, 2.05) is 39.0 Å². The van der Waals surface area contributed by atoms with Crippen molar-refractivity contribution in [3.05, 3.63) is 47.3 Å². The summed E-state index contributed by atoms with van der Waals surface area (Å²) in [7, 11) is 0. The van der Waals surface area contributed by atoms with Crippen molar-refractivity contribution in [1.29, 1.82) is 0 Å². The normalized spacial score (nSPS) is 10.6. The lowest BCUT2D eigenvalue weighted by molar-refractivity contribution is 0.0741. The van der Waals surface area contributed by atoms with Gasteiger partial charge in [0.1, 0.15) is 5.69 Å². The molecule has 0 fully saturated rings. The van der Waals surface area contributed by atoms with Gasteiger partial charge in [-0.1, -0.05) is 29.8 Å². The molecule has 0 bridgehead atoms. The minimum Gasteiger partial charge on any atom is -0.396 e. The molecule has 0 atom stereocenters. The fraction of sp³-hybridized carbons (Fsp3) is 0.375. The number of hydrogen-bond acceptors (Lipinski definition) is 3. The summed E-state index contributed by atoms with van der Waals surface area (Å²) >= 11 is 0. The number of aromatic nitrogens is 2. The Balaban J connectivity index is 2.24. The van der Waals surface area contributed by atoms with Gasteiger partial charge in [-0.3, -0.25) is 9.48 Å². The number of carbonyl (C=O) groups is 1. The highest BCUT2D eigenvalue weighted by Gasteiger charge is 2.21. The molecule has 0 radical (unpaired) electrons. The molecule has 5 nitrogen and oxygen atoms in total. The van der Waals surface area contributed by atoms with E-state index < -0.39 is 0 Å². The van der Waals surface area contributed by atoms with Gasteiger partial charge in [-0.15, -0.1) is 0 Å². The van der Waals surface area contributed by atoms with Crippen LogP contribution in [0.3, 0.4) is 0 Å². The minimum atomic E-state index is -0.0733. The van der Waals surface area contributed by atoms with Crippen molar-refractivity contribution in [3.8, 4) is 0 Å². The molecule has 0 spiro atoms. The predicted molar refractivity (Wildman–Crippen MR) is 83.9 cm³/mol. The highest BCUT2D eigenvalue weighted by atomic mass is 16.2. The molecule has 1 aromatic carbocycles. The van der Waals surface area contributed by atoms with Gasteiger partial charge in [0, 0.05) is 19.6 Å². The van der Waals surface area contributed by atoms with Crippen LogP contribution in [-0.2, 0) is 13.1 Å². The zero-order chi connectivity index (χ0) is 15.4. The standard InChI is InChI=1S/C16H22N4O/c1-4-19(11-13-8-6-7-12(3)9-13)16(21)15-14(17)10-18-20(15)5-2/h6-10H,4-5,11,17H2,1-3H3. The van der Waals surface area contributed by atoms with Crippen LogP contribution in [0.4, 0.5) is 5.69 Å². The Labute approximate surface area is 125 Å². The number of benzene rings is 1. The molecular weight excluding hydrogens is 264 g/mol. The van der Waals surface area contributed by atoms with Crippen LogP contribution >= 0.6 is 0 Å². The molecule has 0 aliphatic carbocycles. The SMILES string of the molecule is CCN(Cc1cccc(C)c1)C(=O)c1c(N)cnn1CC. The van der Waals surface area contributed by atoms with Crippen molar-refractivity contribution in [2.24, 2.45) is 0 Å². The lowest BCUT2D eigenvalue weighted by atomic mass is 10.1. The van der Waals surface area contributed by atoms with Crippen LogP contribution in [0.5, 0.6) is 0 Å². The monoisotopic (exact) mass is 286 g/mol. The fourth-order valence-electron chi connectivity index (χ4n) is 2.38. The first-order valence-corrected chi connectivity index (χ1v) is 7.22. The van der Waals surface area contributed by atoms with Gasteiger partial charge in [0.2, 0.25) is 0 Å². The van der Waals surface area contributed by atoms with E-state index in [4.69, 9.17) is 5.73 Å². The first-order valence-electron chi connectivity index (χ1n) is 7.22. The smallest absolute Gasteiger partial charge is 0.274 e. The van der Waals surface area contributed by atoms with Crippen LogP contribution in [-0.4, -0.2) is 27.1 Å². The topological polar surface area (TPSA) is 64.2 Å². The maximum absolute atomic E-state index is 12.7. The van der Waals surface area contributed by atoms with Crippen molar-refractivity contribution in [1.82, 2.24) is 14.7 Å². The van der Waals surface area contributed by atoms with Crippen LogP contribution in [0, 0.1) is 6.92 Å². The maximum atomic E-state index is 12.7. The van der Waals surface area contributed by atoms with E-state index in [0.29, 0.717) is 31.0 Å². The molecule has 5 heteroatoms. The number of rotatable bonds is 5.